The third-order valence-corrected chi connectivity index (χ3v) is 4.00. The maximum Gasteiger partial charge on any atom is 0.268 e. The molecule has 0 spiro atoms. The fourth-order valence-electron chi connectivity index (χ4n) is 2.30. The van der Waals surface area contributed by atoms with Crippen molar-refractivity contribution in [2.24, 2.45) is 0 Å². The molecule has 17 heavy (non-hydrogen) atoms. The van der Waals surface area contributed by atoms with Gasteiger partial charge in [0.25, 0.3) is 5.91 Å². The van der Waals surface area contributed by atoms with E-state index in [2.05, 4.69) is 5.32 Å². The molecule has 0 radical (unpaired) electrons. The lowest BCUT2D eigenvalue weighted by atomic mass is 10.2. The Balaban J connectivity index is 2.14. The smallest absolute Gasteiger partial charge is 0.268 e. The number of amides is 1. The van der Waals surface area contributed by atoms with E-state index in [1.54, 1.807) is 7.11 Å². The van der Waals surface area contributed by atoms with Crippen LogP contribution in [-0.2, 0) is 0 Å². The highest BCUT2D eigenvalue weighted by atomic mass is 32.1. The Bertz CT molecular complexity index is 392. The van der Waals surface area contributed by atoms with Gasteiger partial charge in [-0.15, -0.1) is 11.3 Å². The normalized spacial score (nSPS) is 19.6. The number of hydrogen-bond donors (Lipinski definition) is 1. The van der Waals surface area contributed by atoms with Crippen molar-refractivity contribution < 1.29 is 9.53 Å². The zero-order valence-corrected chi connectivity index (χ0v) is 11.0. The van der Waals surface area contributed by atoms with Gasteiger partial charge in [-0.3, -0.25) is 4.79 Å². The molecule has 1 atom stereocenters. The third-order valence-electron chi connectivity index (χ3n) is 3.12. The van der Waals surface area contributed by atoms with Crippen LogP contribution in [0.15, 0.2) is 11.4 Å². The molecule has 0 aliphatic carbocycles. The fourth-order valence-corrected chi connectivity index (χ4v) is 3.11. The highest BCUT2D eigenvalue weighted by molar-refractivity contribution is 7.12. The minimum Gasteiger partial charge on any atom is -0.495 e. The first-order chi connectivity index (χ1) is 8.27. The van der Waals surface area contributed by atoms with Crippen molar-refractivity contribution in [2.75, 3.05) is 27.2 Å². The van der Waals surface area contributed by atoms with Gasteiger partial charge in [-0.05, 0) is 31.3 Å². The van der Waals surface area contributed by atoms with E-state index >= 15 is 0 Å². The van der Waals surface area contributed by atoms with Gasteiger partial charge >= 0.3 is 0 Å². The number of rotatable bonds is 4. The molecule has 0 unspecified atom stereocenters. The molecular formula is C12H18N2O2S. The van der Waals surface area contributed by atoms with Crippen LogP contribution in [0.3, 0.4) is 0 Å². The van der Waals surface area contributed by atoms with E-state index in [0.717, 1.165) is 30.8 Å². The second kappa shape index (κ2) is 5.51. The molecule has 1 N–H and O–H groups in total. The number of likely N-dealkylation sites (tertiary alicyclic amines) is 1. The van der Waals surface area contributed by atoms with E-state index in [-0.39, 0.29) is 5.91 Å². The van der Waals surface area contributed by atoms with Gasteiger partial charge in [0.1, 0.15) is 10.6 Å². The minimum absolute atomic E-state index is 0.106. The van der Waals surface area contributed by atoms with Crippen LogP contribution in [-0.4, -0.2) is 44.1 Å². The van der Waals surface area contributed by atoms with E-state index in [9.17, 15) is 4.79 Å². The molecule has 0 saturated carbocycles. The highest BCUT2D eigenvalue weighted by Crippen LogP contribution is 2.28. The summed E-state index contributed by atoms with van der Waals surface area (Å²) < 4.78 is 5.21. The summed E-state index contributed by atoms with van der Waals surface area (Å²) in [5.41, 5.74) is 0. The van der Waals surface area contributed by atoms with Gasteiger partial charge < -0.3 is 15.0 Å². The van der Waals surface area contributed by atoms with Crippen molar-refractivity contribution in [2.45, 2.75) is 18.9 Å². The van der Waals surface area contributed by atoms with Crippen LogP contribution in [0.25, 0.3) is 0 Å². The van der Waals surface area contributed by atoms with Crippen LogP contribution in [0.4, 0.5) is 0 Å². The minimum atomic E-state index is 0.106. The van der Waals surface area contributed by atoms with Gasteiger partial charge in [0.05, 0.1) is 7.11 Å². The van der Waals surface area contributed by atoms with Crippen LogP contribution in [0, 0.1) is 0 Å². The van der Waals surface area contributed by atoms with Crippen LogP contribution in [0.5, 0.6) is 5.75 Å². The molecule has 2 heterocycles. The number of nitrogens with zero attached hydrogens (tertiary/aromatic N) is 1. The number of methoxy groups -OCH3 is 1. The quantitative estimate of drug-likeness (QED) is 0.887. The van der Waals surface area contributed by atoms with Crippen LogP contribution in [0.2, 0.25) is 0 Å². The molecule has 1 aliphatic rings. The largest absolute Gasteiger partial charge is 0.495 e. The van der Waals surface area contributed by atoms with E-state index in [0.29, 0.717) is 11.8 Å². The molecule has 1 aromatic heterocycles. The number of hydrogen-bond acceptors (Lipinski definition) is 4. The van der Waals surface area contributed by atoms with Crippen molar-refractivity contribution in [1.82, 2.24) is 10.2 Å². The molecule has 1 aromatic rings. The summed E-state index contributed by atoms with van der Waals surface area (Å²) in [5, 5.41) is 5.04. The molecule has 4 nitrogen and oxygen atoms in total. The number of likely N-dealkylation sites (N-methyl/N-ethyl adjacent to an activating group) is 1. The maximum atomic E-state index is 12.4. The Kier molecular flexibility index (Phi) is 4.02. The van der Waals surface area contributed by atoms with Crippen molar-refractivity contribution in [3.8, 4) is 5.75 Å². The summed E-state index contributed by atoms with van der Waals surface area (Å²) >= 11 is 1.45. The lowest BCUT2D eigenvalue weighted by Crippen LogP contribution is -2.40. The van der Waals surface area contributed by atoms with Crippen LogP contribution in [0.1, 0.15) is 22.5 Å². The summed E-state index contributed by atoms with van der Waals surface area (Å²) in [7, 11) is 3.53. The lowest BCUT2D eigenvalue weighted by molar-refractivity contribution is 0.0739. The first-order valence-corrected chi connectivity index (χ1v) is 6.73. The van der Waals surface area contributed by atoms with Gasteiger partial charge in [-0.25, -0.2) is 0 Å². The monoisotopic (exact) mass is 254 g/mol. The highest BCUT2D eigenvalue weighted by Gasteiger charge is 2.30. The Morgan fingerprint density at radius 1 is 1.71 bits per heavy atom. The standard InChI is InChI=1S/C12H18N2O2S/c1-13-8-9-4-3-6-14(9)12(15)11-10(16-2)5-7-17-11/h5,7,9,13H,3-4,6,8H2,1-2H3/t9-/m0/s1. The Morgan fingerprint density at radius 3 is 3.24 bits per heavy atom. The van der Waals surface area contributed by atoms with Gasteiger partial charge in [-0.2, -0.15) is 0 Å². The van der Waals surface area contributed by atoms with Gasteiger partial charge in [-0.1, -0.05) is 0 Å². The fraction of sp³-hybridized carbons (Fsp3) is 0.583. The number of ether oxygens (including phenoxy) is 1. The van der Waals surface area contributed by atoms with Crippen LogP contribution < -0.4 is 10.1 Å². The number of carbonyl (C=O) groups is 1. The molecule has 1 fully saturated rings. The summed E-state index contributed by atoms with van der Waals surface area (Å²) in [5.74, 6) is 0.796. The number of carbonyl (C=O) groups excluding carboxylic acids is 1. The average molecular weight is 254 g/mol. The van der Waals surface area contributed by atoms with E-state index in [4.69, 9.17) is 4.74 Å². The number of nitrogens with one attached hydrogen (secondary N) is 1. The van der Waals surface area contributed by atoms with Crippen molar-refractivity contribution in [3.05, 3.63) is 16.3 Å². The van der Waals surface area contributed by atoms with Crippen molar-refractivity contribution >= 4 is 17.2 Å². The summed E-state index contributed by atoms with van der Waals surface area (Å²) in [6.45, 7) is 1.71. The van der Waals surface area contributed by atoms with E-state index in [1.165, 1.54) is 11.3 Å². The maximum absolute atomic E-state index is 12.4. The van der Waals surface area contributed by atoms with Gasteiger partial charge in [0, 0.05) is 19.1 Å². The molecule has 2 rings (SSSR count). The summed E-state index contributed by atoms with van der Waals surface area (Å²) in [4.78, 5) is 15.1. The molecular weight excluding hydrogens is 236 g/mol. The second-order valence-corrected chi connectivity index (χ2v) is 5.09. The Morgan fingerprint density at radius 2 is 2.53 bits per heavy atom. The molecule has 1 amide bonds. The first-order valence-electron chi connectivity index (χ1n) is 5.85. The molecule has 94 valence electrons. The zero-order chi connectivity index (χ0) is 12.3. The number of thiophene rings is 1. The average Bonchev–Trinajstić information content (AvgIpc) is 2.96. The van der Waals surface area contributed by atoms with Gasteiger partial charge in [0.2, 0.25) is 0 Å². The Labute approximate surface area is 106 Å². The predicted molar refractivity (Wildman–Crippen MR) is 68.9 cm³/mol. The third kappa shape index (κ3) is 2.45. The second-order valence-electron chi connectivity index (χ2n) is 4.17. The Hall–Kier alpha value is -1.07. The molecule has 1 aliphatic heterocycles. The van der Waals surface area contributed by atoms with E-state index < -0.39 is 0 Å². The van der Waals surface area contributed by atoms with Gasteiger partial charge in [0.15, 0.2) is 0 Å². The molecule has 0 aromatic carbocycles. The zero-order valence-electron chi connectivity index (χ0n) is 10.2. The van der Waals surface area contributed by atoms with E-state index in [1.807, 2.05) is 23.4 Å². The molecule has 0 bridgehead atoms. The SMILES string of the molecule is CNC[C@@H]1CCCN1C(=O)c1sccc1OC. The summed E-state index contributed by atoms with van der Waals surface area (Å²) in [6, 6.07) is 2.17. The first kappa shape index (κ1) is 12.4. The predicted octanol–water partition coefficient (Wildman–Crippen LogP) is 1.58. The van der Waals surface area contributed by atoms with Crippen molar-refractivity contribution in [3.63, 3.8) is 0 Å². The molecule has 1 saturated heterocycles. The lowest BCUT2D eigenvalue weighted by Gasteiger charge is -2.24. The topological polar surface area (TPSA) is 41.6 Å². The van der Waals surface area contributed by atoms with Crippen molar-refractivity contribution in [1.29, 1.82) is 0 Å². The van der Waals surface area contributed by atoms with Crippen LogP contribution >= 0.6 is 11.3 Å². The molecule has 5 heteroatoms. The summed E-state index contributed by atoms with van der Waals surface area (Å²) in [6.07, 6.45) is 2.17.